The van der Waals surface area contributed by atoms with Gasteiger partial charge < -0.3 is 4.74 Å². The van der Waals surface area contributed by atoms with Crippen molar-refractivity contribution in [3.63, 3.8) is 0 Å². The van der Waals surface area contributed by atoms with E-state index in [9.17, 15) is 8.78 Å². The third-order valence-corrected chi connectivity index (χ3v) is 5.63. The summed E-state index contributed by atoms with van der Waals surface area (Å²) in [5.74, 6) is -2.44. The molecule has 1 atom stereocenters. The van der Waals surface area contributed by atoms with Crippen LogP contribution in [0.1, 0.15) is 69.2 Å². The number of fused-ring (bicyclic) bond motifs is 2. The maximum Gasteiger partial charge on any atom is 0.201 e. The Hall–Kier alpha value is -2.49. The minimum Gasteiger partial charge on any atom is -0.450 e. The smallest absolute Gasteiger partial charge is 0.201 e. The van der Waals surface area contributed by atoms with E-state index < -0.39 is 17.5 Å². The highest BCUT2D eigenvalue weighted by Crippen LogP contribution is 2.42. The van der Waals surface area contributed by atoms with Gasteiger partial charge >= 0.3 is 0 Å². The standard InChI is InChI=1S/C26H29F3O/c1-5-7-19-14-21-15-20-13-12-18(11-10-17(4)9-8-16(3)6-2)23(28)25(20)30-26(21)24(29)22(19)27/h8,10-14,17H,5-7,9,15H2,1-4H3/b11-10+,16-8+. The summed E-state index contributed by atoms with van der Waals surface area (Å²) in [6, 6.07) is 5.15. The minimum absolute atomic E-state index is 0.0134. The Bertz CT molecular complexity index is 989. The lowest BCUT2D eigenvalue weighted by atomic mass is 9.95. The van der Waals surface area contributed by atoms with Crippen molar-refractivity contribution in [2.24, 2.45) is 5.92 Å². The van der Waals surface area contributed by atoms with Crippen LogP contribution in [0.3, 0.4) is 0 Å². The van der Waals surface area contributed by atoms with Crippen LogP contribution in [0.5, 0.6) is 11.5 Å². The number of benzene rings is 2. The molecule has 30 heavy (non-hydrogen) atoms. The van der Waals surface area contributed by atoms with Gasteiger partial charge in [0.2, 0.25) is 5.82 Å². The summed E-state index contributed by atoms with van der Waals surface area (Å²) < 4.78 is 49.6. The second-order valence-corrected chi connectivity index (χ2v) is 8.11. The molecule has 0 amide bonds. The molecule has 2 aromatic rings. The molecule has 0 fully saturated rings. The molecule has 0 aromatic heterocycles. The quantitative estimate of drug-likeness (QED) is 0.354. The summed E-state index contributed by atoms with van der Waals surface area (Å²) in [6.07, 6.45) is 9.27. The molecule has 0 saturated heterocycles. The summed E-state index contributed by atoms with van der Waals surface area (Å²) in [5.41, 5.74) is 3.24. The molecule has 0 N–H and O–H groups in total. The topological polar surface area (TPSA) is 9.23 Å². The monoisotopic (exact) mass is 414 g/mol. The zero-order valence-corrected chi connectivity index (χ0v) is 18.1. The number of rotatable bonds is 7. The van der Waals surface area contributed by atoms with Crippen molar-refractivity contribution < 1.29 is 17.9 Å². The molecular weight excluding hydrogens is 385 g/mol. The highest BCUT2D eigenvalue weighted by atomic mass is 19.2. The van der Waals surface area contributed by atoms with Gasteiger partial charge in [-0.25, -0.2) is 8.78 Å². The summed E-state index contributed by atoms with van der Waals surface area (Å²) in [6.45, 7) is 8.20. The lowest BCUT2D eigenvalue weighted by molar-refractivity contribution is 0.379. The fraction of sp³-hybridized carbons (Fsp3) is 0.385. The van der Waals surface area contributed by atoms with Gasteiger partial charge in [-0.05, 0) is 43.7 Å². The number of halogens is 3. The van der Waals surface area contributed by atoms with Gasteiger partial charge in [-0.15, -0.1) is 0 Å². The van der Waals surface area contributed by atoms with Gasteiger partial charge in [0.05, 0.1) is 0 Å². The molecule has 3 rings (SSSR count). The summed E-state index contributed by atoms with van der Waals surface area (Å²) in [4.78, 5) is 0. The number of allylic oxidation sites excluding steroid dienone is 3. The highest BCUT2D eigenvalue weighted by molar-refractivity contribution is 5.59. The Kier molecular flexibility index (Phi) is 7.06. The van der Waals surface area contributed by atoms with Crippen LogP contribution in [0.4, 0.5) is 13.2 Å². The molecular formula is C26H29F3O. The summed E-state index contributed by atoms with van der Waals surface area (Å²) >= 11 is 0. The summed E-state index contributed by atoms with van der Waals surface area (Å²) in [7, 11) is 0. The van der Waals surface area contributed by atoms with Crippen LogP contribution in [0.15, 0.2) is 35.9 Å². The maximum atomic E-state index is 15.1. The van der Waals surface area contributed by atoms with Crippen LogP contribution in [-0.2, 0) is 12.8 Å². The van der Waals surface area contributed by atoms with Gasteiger partial charge in [0.15, 0.2) is 23.1 Å². The van der Waals surface area contributed by atoms with E-state index in [1.807, 2.05) is 13.0 Å². The molecule has 1 aliphatic heterocycles. The number of aryl methyl sites for hydroxylation is 1. The molecule has 0 saturated carbocycles. The lowest BCUT2D eigenvalue weighted by Gasteiger charge is -2.23. The Morgan fingerprint density at radius 1 is 1.07 bits per heavy atom. The SMILES string of the molecule is CCCc1cc2c(c(F)c1F)Oc1c(ccc(/C=C/C(C)C/C=C(\C)CC)c1F)C2. The molecule has 0 spiro atoms. The van der Waals surface area contributed by atoms with Crippen LogP contribution in [0.2, 0.25) is 0 Å². The van der Waals surface area contributed by atoms with Gasteiger partial charge in [-0.1, -0.05) is 63.1 Å². The van der Waals surface area contributed by atoms with E-state index >= 15 is 4.39 Å². The van der Waals surface area contributed by atoms with Crippen molar-refractivity contribution in [1.82, 2.24) is 0 Å². The molecule has 1 nitrogen and oxygen atoms in total. The van der Waals surface area contributed by atoms with Crippen molar-refractivity contribution in [2.45, 2.75) is 59.8 Å². The van der Waals surface area contributed by atoms with Crippen molar-refractivity contribution in [1.29, 1.82) is 0 Å². The van der Waals surface area contributed by atoms with E-state index in [1.165, 1.54) is 5.57 Å². The zero-order chi connectivity index (χ0) is 21.8. The fourth-order valence-electron chi connectivity index (χ4n) is 3.59. The van der Waals surface area contributed by atoms with Gasteiger partial charge in [0.25, 0.3) is 0 Å². The maximum absolute atomic E-state index is 15.1. The number of hydrogen-bond donors (Lipinski definition) is 0. The molecule has 0 bridgehead atoms. The van der Waals surface area contributed by atoms with E-state index in [-0.39, 0.29) is 17.4 Å². The molecule has 2 aromatic carbocycles. The zero-order valence-electron chi connectivity index (χ0n) is 18.1. The third-order valence-electron chi connectivity index (χ3n) is 5.63. The van der Waals surface area contributed by atoms with Gasteiger partial charge in [0, 0.05) is 23.1 Å². The van der Waals surface area contributed by atoms with Crippen molar-refractivity contribution in [3.8, 4) is 11.5 Å². The van der Waals surface area contributed by atoms with Crippen LogP contribution in [0, 0.1) is 23.4 Å². The molecule has 1 unspecified atom stereocenters. The van der Waals surface area contributed by atoms with E-state index in [4.69, 9.17) is 4.74 Å². The van der Waals surface area contributed by atoms with Gasteiger partial charge in [-0.3, -0.25) is 0 Å². The Morgan fingerprint density at radius 2 is 1.80 bits per heavy atom. The average molecular weight is 415 g/mol. The molecule has 1 heterocycles. The fourth-order valence-corrected chi connectivity index (χ4v) is 3.59. The molecule has 160 valence electrons. The Labute approximate surface area is 177 Å². The van der Waals surface area contributed by atoms with Crippen LogP contribution in [-0.4, -0.2) is 0 Å². The van der Waals surface area contributed by atoms with E-state index in [0.29, 0.717) is 41.5 Å². The first-order valence-corrected chi connectivity index (χ1v) is 10.7. The van der Waals surface area contributed by atoms with Gasteiger partial charge in [0.1, 0.15) is 0 Å². The second kappa shape index (κ2) is 9.55. The summed E-state index contributed by atoms with van der Waals surface area (Å²) in [5, 5.41) is 0. The number of ether oxygens (including phenoxy) is 1. The van der Waals surface area contributed by atoms with E-state index in [1.54, 1.807) is 24.3 Å². The first-order valence-electron chi connectivity index (χ1n) is 10.7. The van der Waals surface area contributed by atoms with Gasteiger partial charge in [-0.2, -0.15) is 4.39 Å². The minimum atomic E-state index is -1.03. The molecule has 4 heteroatoms. The lowest BCUT2D eigenvalue weighted by Crippen LogP contribution is -2.10. The first-order chi connectivity index (χ1) is 14.3. The average Bonchev–Trinajstić information content (AvgIpc) is 2.74. The van der Waals surface area contributed by atoms with Crippen LogP contribution < -0.4 is 4.74 Å². The largest absolute Gasteiger partial charge is 0.450 e. The molecule has 0 aliphatic carbocycles. The molecule has 1 aliphatic rings. The number of hydrogen-bond acceptors (Lipinski definition) is 1. The van der Waals surface area contributed by atoms with E-state index in [0.717, 1.165) is 12.8 Å². The van der Waals surface area contributed by atoms with Crippen molar-refractivity contribution in [3.05, 3.63) is 75.6 Å². The second-order valence-electron chi connectivity index (χ2n) is 8.11. The normalized spacial score (nSPS) is 14.4. The van der Waals surface area contributed by atoms with E-state index in [2.05, 4.69) is 26.8 Å². The van der Waals surface area contributed by atoms with Crippen LogP contribution in [0.25, 0.3) is 6.08 Å². The first kappa shape index (κ1) is 22.2. The van der Waals surface area contributed by atoms with Crippen LogP contribution >= 0.6 is 0 Å². The van der Waals surface area contributed by atoms with Crippen molar-refractivity contribution >= 4 is 6.08 Å². The highest BCUT2D eigenvalue weighted by Gasteiger charge is 2.27. The Morgan fingerprint density at radius 3 is 2.50 bits per heavy atom. The predicted molar refractivity (Wildman–Crippen MR) is 116 cm³/mol. The third kappa shape index (κ3) is 4.63. The Balaban J connectivity index is 1.86. The predicted octanol–water partition coefficient (Wildman–Crippen LogP) is 8.15. The van der Waals surface area contributed by atoms with Crippen molar-refractivity contribution in [2.75, 3.05) is 0 Å². The molecule has 0 radical (unpaired) electrons.